The largest absolute Gasteiger partial charge is 0.392 e. The monoisotopic (exact) mass is 269 g/mol. The summed E-state index contributed by atoms with van der Waals surface area (Å²) in [4.78, 5) is 0.222. The maximum absolute atomic E-state index is 12.2. The van der Waals surface area contributed by atoms with Crippen molar-refractivity contribution in [2.75, 3.05) is 0 Å². The zero-order valence-corrected chi connectivity index (χ0v) is 11.7. The highest BCUT2D eigenvalue weighted by atomic mass is 32.2. The Morgan fingerprint density at radius 1 is 1.44 bits per heavy atom. The van der Waals surface area contributed by atoms with Crippen molar-refractivity contribution in [3.63, 3.8) is 0 Å². The number of aliphatic hydroxyl groups excluding tert-OH is 1. The summed E-state index contributed by atoms with van der Waals surface area (Å²) in [6, 6.07) is 4.85. The van der Waals surface area contributed by atoms with Gasteiger partial charge in [0.15, 0.2) is 0 Å². The van der Waals surface area contributed by atoms with Crippen molar-refractivity contribution in [2.24, 2.45) is 5.41 Å². The molecule has 1 aromatic rings. The Labute approximate surface area is 108 Å². The average molecular weight is 269 g/mol. The van der Waals surface area contributed by atoms with Crippen LogP contribution in [0, 0.1) is 12.3 Å². The fourth-order valence-corrected chi connectivity index (χ4v) is 3.37. The lowest BCUT2D eigenvalue weighted by Crippen LogP contribution is -2.28. The van der Waals surface area contributed by atoms with E-state index < -0.39 is 10.0 Å². The molecule has 18 heavy (non-hydrogen) atoms. The quantitative estimate of drug-likeness (QED) is 0.872. The van der Waals surface area contributed by atoms with E-state index in [9.17, 15) is 13.5 Å². The molecule has 1 atom stereocenters. The molecule has 0 amide bonds. The van der Waals surface area contributed by atoms with Gasteiger partial charge in [-0.1, -0.05) is 19.9 Å². The Bertz CT molecular complexity index is 564. The molecule has 1 aromatic carbocycles. The summed E-state index contributed by atoms with van der Waals surface area (Å²) in [5.74, 6) is 0. The van der Waals surface area contributed by atoms with E-state index in [0.29, 0.717) is 5.56 Å². The molecule has 1 fully saturated rings. The third-order valence-electron chi connectivity index (χ3n) is 3.61. The van der Waals surface area contributed by atoms with Gasteiger partial charge in [0.25, 0.3) is 0 Å². The van der Waals surface area contributed by atoms with E-state index in [-0.39, 0.29) is 23.0 Å². The maximum atomic E-state index is 12.2. The molecule has 2 rings (SSSR count). The molecule has 1 aliphatic carbocycles. The van der Waals surface area contributed by atoms with Crippen molar-refractivity contribution in [1.29, 1.82) is 0 Å². The Morgan fingerprint density at radius 2 is 2.06 bits per heavy atom. The predicted molar refractivity (Wildman–Crippen MR) is 69.6 cm³/mol. The van der Waals surface area contributed by atoms with E-state index in [1.165, 1.54) is 6.07 Å². The molecule has 5 heteroatoms. The second kappa shape index (κ2) is 4.33. The molecule has 1 unspecified atom stereocenters. The molecule has 0 aromatic heterocycles. The Hall–Kier alpha value is -0.910. The Kier molecular flexibility index (Phi) is 3.25. The van der Waals surface area contributed by atoms with E-state index in [1.807, 2.05) is 20.8 Å². The van der Waals surface area contributed by atoms with Crippen molar-refractivity contribution in [2.45, 2.75) is 44.7 Å². The van der Waals surface area contributed by atoms with Gasteiger partial charge in [-0.2, -0.15) is 0 Å². The van der Waals surface area contributed by atoms with E-state index >= 15 is 0 Å². The number of aliphatic hydroxyl groups is 1. The van der Waals surface area contributed by atoms with Crippen LogP contribution in [0.1, 0.15) is 31.4 Å². The highest BCUT2D eigenvalue weighted by Gasteiger charge is 2.47. The summed E-state index contributed by atoms with van der Waals surface area (Å²) in [6.07, 6.45) is 0.866. The number of hydrogen-bond acceptors (Lipinski definition) is 3. The molecule has 0 spiro atoms. The first-order valence-electron chi connectivity index (χ1n) is 5.99. The second-order valence-electron chi connectivity index (χ2n) is 5.61. The summed E-state index contributed by atoms with van der Waals surface area (Å²) in [7, 11) is -3.48. The van der Waals surface area contributed by atoms with Crippen LogP contribution >= 0.6 is 0 Å². The van der Waals surface area contributed by atoms with E-state index in [2.05, 4.69) is 4.72 Å². The van der Waals surface area contributed by atoms with E-state index in [0.717, 1.165) is 12.0 Å². The van der Waals surface area contributed by atoms with Gasteiger partial charge in [-0.15, -0.1) is 0 Å². The lowest BCUT2D eigenvalue weighted by molar-refractivity contribution is 0.280. The standard InChI is InChI=1S/C13H19NO3S/c1-9-4-5-11(6-10(9)8-15)18(16,17)14-12-7-13(12,2)3/h4-6,12,14-15H,7-8H2,1-3H3. The number of benzene rings is 1. The molecular weight excluding hydrogens is 250 g/mol. The van der Waals surface area contributed by atoms with Crippen molar-refractivity contribution in [3.8, 4) is 0 Å². The van der Waals surface area contributed by atoms with Crippen molar-refractivity contribution in [1.82, 2.24) is 4.72 Å². The number of sulfonamides is 1. The van der Waals surface area contributed by atoms with E-state index in [1.54, 1.807) is 12.1 Å². The number of hydrogen-bond donors (Lipinski definition) is 2. The van der Waals surface area contributed by atoms with Crippen LogP contribution in [-0.2, 0) is 16.6 Å². The van der Waals surface area contributed by atoms with Crippen molar-refractivity contribution >= 4 is 10.0 Å². The molecule has 0 saturated heterocycles. The summed E-state index contributed by atoms with van der Waals surface area (Å²) in [5.41, 5.74) is 1.59. The molecular formula is C13H19NO3S. The molecule has 0 bridgehead atoms. The molecule has 1 aliphatic rings. The summed E-state index contributed by atoms with van der Waals surface area (Å²) < 4.78 is 27.0. The fourth-order valence-electron chi connectivity index (χ4n) is 1.91. The van der Waals surface area contributed by atoms with Crippen molar-refractivity contribution < 1.29 is 13.5 Å². The molecule has 2 N–H and O–H groups in total. The van der Waals surface area contributed by atoms with Crippen LogP contribution in [0.5, 0.6) is 0 Å². The van der Waals surface area contributed by atoms with Gasteiger partial charge >= 0.3 is 0 Å². The van der Waals surface area contributed by atoms with Crippen LogP contribution in [0.3, 0.4) is 0 Å². The smallest absolute Gasteiger partial charge is 0.240 e. The highest BCUT2D eigenvalue weighted by molar-refractivity contribution is 7.89. The minimum absolute atomic E-state index is 0.0152. The molecule has 0 heterocycles. The van der Waals surface area contributed by atoms with Crippen LogP contribution < -0.4 is 4.72 Å². The molecule has 1 saturated carbocycles. The summed E-state index contributed by atoms with van der Waals surface area (Å²) in [6.45, 7) is 5.77. The lowest BCUT2D eigenvalue weighted by atomic mass is 10.1. The first kappa shape index (κ1) is 13.5. The van der Waals surface area contributed by atoms with Crippen LogP contribution in [-0.4, -0.2) is 19.6 Å². The van der Waals surface area contributed by atoms with Gasteiger partial charge in [0.2, 0.25) is 10.0 Å². The van der Waals surface area contributed by atoms with Gasteiger partial charge in [0.1, 0.15) is 0 Å². The second-order valence-corrected chi connectivity index (χ2v) is 7.33. The Balaban J connectivity index is 2.25. The van der Waals surface area contributed by atoms with Gasteiger partial charge in [-0.05, 0) is 42.0 Å². The third-order valence-corrected chi connectivity index (χ3v) is 5.08. The maximum Gasteiger partial charge on any atom is 0.240 e. The first-order chi connectivity index (χ1) is 8.26. The van der Waals surface area contributed by atoms with E-state index in [4.69, 9.17) is 0 Å². The number of aryl methyl sites for hydroxylation is 1. The normalized spacial score (nSPS) is 21.9. The first-order valence-corrected chi connectivity index (χ1v) is 7.47. The average Bonchev–Trinajstić information content (AvgIpc) is 2.85. The van der Waals surface area contributed by atoms with Gasteiger partial charge in [-0.3, -0.25) is 0 Å². The van der Waals surface area contributed by atoms with Crippen LogP contribution in [0.4, 0.5) is 0 Å². The molecule has 0 radical (unpaired) electrons. The summed E-state index contributed by atoms with van der Waals surface area (Å²) in [5, 5.41) is 9.17. The van der Waals surface area contributed by atoms with Crippen molar-refractivity contribution in [3.05, 3.63) is 29.3 Å². The van der Waals surface area contributed by atoms with Gasteiger partial charge in [0.05, 0.1) is 11.5 Å². The molecule has 4 nitrogen and oxygen atoms in total. The van der Waals surface area contributed by atoms with Crippen LogP contribution in [0.25, 0.3) is 0 Å². The van der Waals surface area contributed by atoms with Crippen LogP contribution in [0.2, 0.25) is 0 Å². The fraction of sp³-hybridized carbons (Fsp3) is 0.538. The van der Waals surface area contributed by atoms with Gasteiger partial charge in [-0.25, -0.2) is 13.1 Å². The number of nitrogens with one attached hydrogen (secondary N) is 1. The lowest BCUT2D eigenvalue weighted by Gasteiger charge is -2.10. The predicted octanol–water partition coefficient (Wildman–Crippen LogP) is 1.56. The highest BCUT2D eigenvalue weighted by Crippen LogP contribution is 2.45. The van der Waals surface area contributed by atoms with Crippen LogP contribution in [0.15, 0.2) is 23.1 Å². The Morgan fingerprint density at radius 3 is 2.56 bits per heavy atom. The third kappa shape index (κ3) is 2.58. The number of rotatable bonds is 4. The molecule has 100 valence electrons. The molecule has 0 aliphatic heterocycles. The van der Waals surface area contributed by atoms with Gasteiger partial charge in [0, 0.05) is 6.04 Å². The summed E-state index contributed by atoms with van der Waals surface area (Å²) >= 11 is 0. The van der Waals surface area contributed by atoms with Gasteiger partial charge < -0.3 is 5.11 Å². The minimum Gasteiger partial charge on any atom is -0.392 e. The SMILES string of the molecule is Cc1ccc(S(=O)(=O)NC2CC2(C)C)cc1CO. The minimum atomic E-state index is -3.48. The zero-order chi connectivity index (χ0) is 13.6. The topological polar surface area (TPSA) is 66.4 Å². The zero-order valence-electron chi connectivity index (χ0n) is 10.9.